The van der Waals surface area contributed by atoms with Crippen LogP contribution in [0.1, 0.15) is 39.5 Å². The maximum atomic E-state index is 11.2. The van der Waals surface area contributed by atoms with Crippen molar-refractivity contribution in [1.29, 1.82) is 0 Å². The molecule has 0 heterocycles. The van der Waals surface area contributed by atoms with Crippen molar-refractivity contribution in [2.75, 3.05) is 0 Å². The van der Waals surface area contributed by atoms with E-state index < -0.39 is 0 Å². The second-order valence-electron chi connectivity index (χ2n) is 4.06. The Morgan fingerprint density at radius 1 is 1.21 bits per heavy atom. The summed E-state index contributed by atoms with van der Waals surface area (Å²) in [6.07, 6.45) is 2.76. The molecule has 14 heavy (non-hydrogen) atoms. The first kappa shape index (κ1) is 11.0. The van der Waals surface area contributed by atoms with Crippen LogP contribution in [0.4, 0.5) is 0 Å². The largest absolute Gasteiger partial charge is 0.354 e. The van der Waals surface area contributed by atoms with Gasteiger partial charge in [0.05, 0.1) is 0 Å². The molecule has 0 atom stereocenters. The van der Waals surface area contributed by atoms with E-state index in [9.17, 15) is 9.59 Å². The van der Waals surface area contributed by atoms with Gasteiger partial charge in [-0.05, 0) is 26.7 Å². The first-order valence-corrected chi connectivity index (χ1v) is 5.16. The Balaban J connectivity index is 2.06. The Morgan fingerprint density at radius 3 is 2.29 bits per heavy atom. The fraction of sp³-hybridized carbons (Fsp3) is 0.800. The Hall–Kier alpha value is -1.06. The molecule has 0 aliphatic heterocycles. The second-order valence-corrected chi connectivity index (χ2v) is 4.06. The fourth-order valence-electron chi connectivity index (χ4n) is 1.15. The molecule has 1 fully saturated rings. The summed E-state index contributed by atoms with van der Waals surface area (Å²) in [6, 6.07) is 0.532. The van der Waals surface area contributed by atoms with Gasteiger partial charge >= 0.3 is 0 Å². The summed E-state index contributed by atoms with van der Waals surface area (Å²) in [5.41, 5.74) is 0. The van der Waals surface area contributed by atoms with Gasteiger partial charge in [0.25, 0.3) is 0 Å². The molecule has 1 saturated carbocycles. The van der Waals surface area contributed by atoms with Crippen LogP contribution in [0.25, 0.3) is 0 Å². The summed E-state index contributed by atoms with van der Waals surface area (Å²) in [5.74, 6) is -0.0580. The van der Waals surface area contributed by atoms with Crippen molar-refractivity contribution in [3.8, 4) is 0 Å². The van der Waals surface area contributed by atoms with Crippen molar-refractivity contribution < 1.29 is 9.59 Å². The zero-order valence-electron chi connectivity index (χ0n) is 8.80. The van der Waals surface area contributed by atoms with Crippen LogP contribution < -0.4 is 10.6 Å². The third kappa shape index (κ3) is 4.84. The van der Waals surface area contributed by atoms with E-state index >= 15 is 0 Å². The van der Waals surface area contributed by atoms with Crippen molar-refractivity contribution in [1.82, 2.24) is 10.6 Å². The third-order valence-electron chi connectivity index (χ3n) is 1.97. The number of carbonyl (C=O) groups excluding carboxylic acids is 2. The highest BCUT2D eigenvalue weighted by Gasteiger charge is 2.23. The Labute approximate surface area is 84.4 Å². The number of carbonyl (C=O) groups is 2. The lowest BCUT2D eigenvalue weighted by atomic mass is 10.2. The van der Waals surface area contributed by atoms with E-state index in [0.717, 1.165) is 12.8 Å². The van der Waals surface area contributed by atoms with Crippen molar-refractivity contribution in [3.63, 3.8) is 0 Å². The Kier molecular flexibility index (Phi) is 3.92. The van der Waals surface area contributed by atoms with Crippen LogP contribution >= 0.6 is 0 Å². The zero-order valence-corrected chi connectivity index (χ0v) is 8.80. The number of hydrogen-bond donors (Lipinski definition) is 2. The summed E-state index contributed by atoms with van der Waals surface area (Å²) in [7, 11) is 0. The predicted molar refractivity (Wildman–Crippen MR) is 53.7 cm³/mol. The van der Waals surface area contributed by atoms with Crippen molar-refractivity contribution in [2.24, 2.45) is 0 Å². The molecule has 4 nitrogen and oxygen atoms in total. The van der Waals surface area contributed by atoms with Crippen LogP contribution in [0.15, 0.2) is 0 Å². The molecule has 80 valence electrons. The van der Waals surface area contributed by atoms with E-state index in [0.29, 0.717) is 12.5 Å². The summed E-state index contributed by atoms with van der Waals surface area (Å²) in [5, 5.41) is 5.59. The van der Waals surface area contributed by atoms with Crippen LogP contribution in [-0.2, 0) is 9.59 Å². The summed E-state index contributed by atoms with van der Waals surface area (Å²) >= 11 is 0. The molecular formula is C10H18N2O2. The van der Waals surface area contributed by atoms with Crippen LogP contribution in [0.3, 0.4) is 0 Å². The lowest BCUT2D eigenvalue weighted by molar-refractivity contribution is -0.126. The van der Waals surface area contributed by atoms with Crippen molar-refractivity contribution in [3.05, 3.63) is 0 Å². The monoisotopic (exact) mass is 198 g/mol. The van der Waals surface area contributed by atoms with E-state index in [1.54, 1.807) is 0 Å². The molecule has 4 heteroatoms. The van der Waals surface area contributed by atoms with Crippen LogP contribution in [0, 0.1) is 0 Å². The van der Waals surface area contributed by atoms with Crippen LogP contribution in [0.5, 0.6) is 0 Å². The van der Waals surface area contributed by atoms with Gasteiger partial charge in [0.2, 0.25) is 11.8 Å². The number of rotatable bonds is 5. The molecule has 1 aliphatic rings. The molecule has 0 aromatic carbocycles. The fourth-order valence-corrected chi connectivity index (χ4v) is 1.15. The third-order valence-corrected chi connectivity index (χ3v) is 1.97. The predicted octanol–water partition coefficient (Wildman–Crippen LogP) is 0.570. The quantitative estimate of drug-likeness (QED) is 0.678. The maximum Gasteiger partial charge on any atom is 0.220 e. The molecule has 0 spiro atoms. The smallest absolute Gasteiger partial charge is 0.220 e. The van der Waals surface area contributed by atoms with E-state index in [2.05, 4.69) is 10.6 Å². The molecular weight excluding hydrogens is 180 g/mol. The normalized spacial score (nSPS) is 15.4. The maximum absolute atomic E-state index is 11.2. The van der Waals surface area contributed by atoms with Gasteiger partial charge < -0.3 is 10.6 Å². The first-order chi connectivity index (χ1) is 6.58. The SMILES string of the molecule is CC(C)NC(=O)CCC(=O)NC1CC1. The molecule has 1 aliphatic carbocycles. The van der Waals surface area contributed by atoms with Gasteiger partial charge in [0, 0.05) is 24.9 Å². The van der Waals surface area contributed by atoms with E-state index in [-0.39, 0.29) is 24.3 Å². The molecule has 2 amide bonds. The second kappa shape index (κ2) is 4.98. The molecule has 0 aromatic heterocycles. The first-order valence-electron chi connectivity index (χ1n) is 5.16. The number of amides is 2. The van der Waals surface area contributed by atoms with Crippen molar-refractivity contribution >= 4 is 11.8 Å². The van der Waals surface area contributed by atoms with Gasteiger partial charge in [-0.3, -0.25) is 9.59 Å². The van der Waals surface area contributed by atoms with Gasteiger partial charge in [-0.2, -0.15) is 0 Å². The minimum Gasteiger partial charge on any atom is -0.354 e. The highest BCUT2D eigenvalue weighted by atomic mass is 16.2. The number of nitrogens with one attached hydrogen (secondary N) is 2. The molecule has 0 bridgehead atoms. The average molecular weight is 198 g/mol. The molecule has 0 radical (unpaired) electrons. The van der Waals surface area contributed by atoms with Gasteiger partial charge in [-0.1, -0.05) is 0 Å². The minimum atomic E-state index is -0.0500. The standard InChI is InChI=1S/C10H18N2O2/c1-7(2)11-9(13)5-6-10(14)12-8-3-4-8/h7-8H,3-6H2,1-2H3,(H,11,13)(H,12,14). The van der Waals surface area contributed by atoms with Crippen LogP contribution in [0.2, 0.25) is 0 Å². The zero-order chi connectivity index (χ0) is 10.6. The molecule has 0 unspecified atom stereocenters. The highest BCUT2D eigenvalue weighted by Crippen LogP contribution is 2.18. The molecule has 2 N–H and O–H groups in total. The summed E-state index contributed by atoms with van der Waals surface area (Å²) < 4.78 is 0. The van der Waals surface area contributed by atoms with Gasteiger partial charge in [-0.25, -0.2) is 0 Å². The Morgan fingerprint density at radius 2 is 1.79 bits per heavy atom. The van der Waals surface area contributed by atoms with Gasteiger partial charge in [0.1, 0.15) is 0 Å². The minimum absolute atomic E-state index is 0.00796. The lowest BCUT2D eigenvalue weighted by Gasteiger charge is -2.07. The Bertz CT molecular complexity index is 206. The van der Waals surface area contributed by atoms with Crippen molar-refractivity contribution in [2.45, 2.75) is 51.6 Å². The topological polar surface area (TPSA) is 58.2 Å². The van der Waals surface area contributed by atoms with E-state index in [1.807, 2.05) is 13.8 Å². The molecule has 0 saturated heterocycles. The highest BCUT2D eigenvalue weighted by molar-refractivity contribution is 5.84. The number of hydrogen-bond acceptors (Lipinski definition) is 2. The van der Waals surface area contributed by atoms with Gasteiger partial charge in [-0.15, -0.1) is 0 Å². The van der Waals surface area contributed by atoms with Crippen LogP contribution in [-0.4, -0.2) is 23.9 Å². The average Bonchev–Trinajstić information content (AvgIpc) is 2.83. The van der Waals surface area contributed by atoms with Gasteiger partial charge in [0.15, 0.2) is 0 Å². The lowest BCUT2D eigenvalue weighted by Crippen LogP contribution is -2.32. The molecule has 1 rings (SSSR count). The summed E-state index contributed by atoms with van der Waals surface area (Å²) in [4.78, 5) is 22.4. The van der Waals surface area contributed by atoms with E-state index in [1.165, 1.54) is 0 Å². The summed E-state index contributed by atoms with van der Waals surface area (Å²) in [6.45, 7) is 3.81. The van der Waals surface area contributed by atoms with E-state index in [4.69, 9.17) is 0 Å². The molecule has 0 aromatic rings.